The van der Waals surface area contributed by atoms with Gasteiger partial charge < -0.3 is 14.0 Å². The summed E-state index contributed by atoms with van der Waals surface area (Å²) < 4.78 is 13.7. The number of hydrogen-bond acceptors (Lipinski definition) is 4. The SMILES string of the molecule is CCCCCCCCCCCC(=O)OCC[N+](CC)(CC)CC.CCCCCCCCCCCC(=O)OCC[n+]1ccccc1. The van der Waals surface area contributed by atoms with Crippen molar-refractivity contribution in [1.82, 2.24) is 0 Å². The summed E-state index contributed by atoms with van der Waals surface area (Å²) in [5.74, 6) is -0.0613. The van der Waals surface area contributed by atoms with Crippen LogP contribution >= 0.6 is 0 Å². The Morgan fingerprint density at radius 1 is 0.511 bits per heavy atom. The number of esters is 2. The molecule has 1 rings (SSSR count). The number of pyridine rings is 1. The summed E-state index contributed by atoms with van der Waals surface area (Å²) >= 11 is 0. The summed E-state index contributed by atoms with van der Waals surface area (Å²) in [5.41, 5.74) is 0. The maximum absolute atomic E-state index is 11.8. The maximum Gasteiger partial charge on any atom is 0.306 e. The molecule has 45 heavy (non-hydrogen) atoms. The molecule has 0 amide bonds. The molecule has 6 heteroatoms. The first-order chi connectivity index (χ1) is 22.0. The number of aromatic nitrogens is 1. The lowest BCUT2D eigenvalue weighted by atomic mass is 10.1. The molecular weight excluding hydrogens is 560 g/mol. The molecular formula is C39H74N2O4+2. The Labute approximate surface area is 279 Å². The van der Waals surface area contributed by atoms with Gasteiger partial charge in [-0.1, -0.05) is 123 Å². The van der Waals surface area contributed by atoms with E-state index in [0.717, 1.165) is 56.5 Å². The quantitative estimate of drug-likeness (QED) is 0.0381. The molecule has 0 aromatic carbocycles. The number of likely N-dealkylation sites (N-methyl/N-ethyl adjacent to an activating group) is 1. The second kappa shape index (κ2) is 32.0. The molecule has 0 bridgehead atoms. The Bertz CT molecular complexity index is 774. The standard InChI is InChI=1S/C20H42NO2.C19H32NO2/c1-5-9-10-11-12-13-14-15-16-17-20(22)23-19-18-21(6-2,7-3)8-4;1-2-3-4-5-6-7-8-9-11-14-19(21)22-18-17-20-15-12-10-13-16-20/h5-19H2,1-4H3;10,12-13,15-16H,2-9,11,14,17-18H2,1H3/q2*+1. The summed E-state index contributed by atoms with van der Waals surface area (Å²) in [6, 6.07) is 5.93. The van der Waals surface area contributed by atoms with Crippen LogP contribution in [0.15, 0.2) is 30.6 Å². The Hall–Kier alpha value is -1.95. The molecule has 0 aliphatic rings. The lowest BCUT2D eigenvalue weighted by Crippen LogP contribution is -2.49. The fourth-order valence-electron chi connectivity index (χ4n) is 5.65. The molecule has 1 aromatic heterocycles. The number of quaternary nitrogens is 1. The minimum Gasteiger partial charge on any atom is -0.460 e. The van der Waals surface area contributed by atoms with E-state index in [9.17, 15) is 9.59 Å². The van der Waals surface area contributed by atoms with Gasteiger partial charge in [-0.25, -0.2) is 4.57 Å². The number of rotatable bonds is 29. The van der Waals surface area contributed by atoms with Crippen LogP contribution in [0.2, 0.25) is 0 Å². The molecule has 0 saturated heterocycles. The van der Waals surface area contributed by atoms with Crippen LogP contribution in [0.3, 0.4) is 0 Å². The molecule has 0 aliphatic carbocycles. The molecule has 0 N–H and O–H groups in total. The number of ether oxygens (including phenoxy) is 2. The van der Waals surface area contributed by atoms with Gasteiger partial charge in [0.15, 0.2) is 25.5 Å². The smallest absolute Gasteiger partial charge is 0.306 e. The molecule has 0 spiro atoms. The van der Waals surface area contributed by atoms with Crippen molar-refractivity contribution in [3.8, 4) is 0 Å². The third-order valence-electron chi connectivity index (χ3n) is 9.20. The first-order valence-corrected chi connectivity index (χ1v) is 19.1. The molecule has 0 unspecified atom stereocenters. The van der Waals surface area contributed by atoms with E-state index in [1.807, 2.05) is 35.2 Å². The molecule has 1 aromatic rings. The first kappa shape index (κ1) is 43.0. The van der Waals surface area contributed by atoms with Crippen LogP contribution < -0.4 is 4.57 Å². The van der Waals surface area contributed by atoms with Crippen molar-refractivity contribution in [3.63, 3.8) is 0 Å². The van der Waals surface area contributed by atoms with E-state index in [-0.39, 0.29) is 11.9 Å². The average molecular weight is 635 g/mol. The van der Waals surface area contributed by atoms with Gasteiger partial charge in [-0.05, 0) is 33.6 Å². The molecule has 0 saturated carbocycles. The third-order valence-corrected chi connectivity index (χ3v) is 9.20. The van der Waals surface area contributed by atoms with E-state index in [1.54, 1.807) is 0 Å². The predicted octanol–water partition coefficient (Wildman–Crippen LogP) is 9.77. The average Bonchev–Trinajstić information content (AvgIpc) is 3.06. The van der Waals surface area contributed by atoms with Gasteiger partial charge in [0, 0.05) is 25.0 Å². The van der Waals surface area contributed by atoms with Gasteiger partial charge in [-0.15, -0.1) is 0 Å². The van der Waals surface area contributed by atoms with Gasteiger partial charge in [-0.2, -0.15) is 0 Å². The van der Waals surface area contributed by atoms with Gasteiger partial charge >= 0.3 is 11.9 Å². The van der Waals surface area contributed by atoms with E-state index in [0.29, 0.717) is 26.1 Å². The maximum atomic E-state index is 11.8. The van der Waals surface area contributed by atoms with Crippen molar-refractivity contribution in [3.05, 3.63) is 30.6 Å². The van der Waals surface area contributed by atoms with E-state index < -0.39 is 0 Å². The normalized spacial score (nSPS) is 11.1. The van der Waals surface area contributed by atoms with Crippen molar-refractivity contribution in [2.24, 2.45) is 0 Å². The number of nitrogens with zero attached hydrogens (tertiary/aromatic N) is 2. The van der Waals surface area contributed by atoms with Crippen molar-refractivity contribution in [1.29, 1.82) is 0 Å². The van der Waals surface area contributed by atoms with Crippen molar-refractivity contribution < 1.29 is 28.1 Å². The highest BCUT2D eigenvalue weighted by Gasteiger charge is 2.20. The van der Waals surface area contributed by atoms with Gasteiger partial charge in [0.1, 0.15) is 13.2 Å². The number of unbranched alkanes of at least 4 members (excludes halogenated alkanes) is 16. The van der Waals surface area contributed by atoms with E-state index in [1.165, 1.54) is 96.3 Å². The van der Waals surface area contributed by atoms with Crippen LogP contribution in [-0.4, -0.2) is 55.8 Å². The molecule has 6 nitrogen and oxygen atoms in total. The Kier molecular flexibility index (Phi) is 30.6. The summed E-state index contributed by atoms with van der Waals surface area (Å²) in [6.45, 7) is 17.2. The monoisotopic (exact) mass is 635 g/mol. The Balaban J connectivity index is 0.000000861. The van der Waals surface area contributed by atoms with Crippen LogP contribution in [0, 0.1) is 0 Å². The topological polar surface area (TPSA) is 56.5 Å². The summed E-state index contributed by atoms with van der Waals surface area (Å²) in [4.78, 5) is 23.4. The molecule has 0 radical (unpaired) electrons. The number of hydrogen-bond donors (Lipinski definition) is 0. The zero-order chi connectivity index (χ0) is 33.3. The van der Waals surface area contributed by atoms with Crippen molar-refractivity contribution >= 4 is 11.9 Å². The van der Waals surface area contributed by atoms with E-state index in [2.05, 4.69) is 34.6 Å². The summed E-state index contributed by atoms with van der Waals surface area (Å²) in [6.07, 6.45) is 28.1. The zero-order valence-corrected chi connectivity index (χ0v) is 30.5. The predicted molar refractivity (Wildman–Crippen MR) is 189 cm³/mol. The first-order valence-electron chi connectivity index (χ1n) is 19.1. The van der Waals surface area contributed by atoms with Crippen LogP contribution in [0.1, 0.15) is 163 Å². The molecule has 262 valence electrons. The number of carbonyl (C=O) groups is 2. The van der Waals surface area contributed by atoms with Crippen LogP contribution in [0.4, 0.5) is 0 Å². The van der Waals surface area contributed by atoms with Gasteiger partial charge in [0.25, 0.3) is 0 Å². The third kappa shape index (κ3) is 26.9. The van der Waals surface area contributed by atoms with Gasteiger partial charge in [0.05, 0.1) is 19.6 Å². The molecule has 0 aliphatic heterocycles. The van der Waals surface area contributed by atoms with Crippen molar-refractivity contribution in [2.45, 2.75) is 170 Å². The second-order valence-electron chi connectivity index (χ2n) is 12.7. The van der Waals surface area contributed by atoms with Gasteiger partial charge in [-0.3, -0.25) is 9.59 Å². The van der Waals surface area contributed by atoms with Crippen LogP contribution in [0.5, 0.6) is 0 Å². The lowest BCUT2D eigenvalue weighted by Gasteiger charge is -2.35. The van der Waals surface area contributed by atoms with Crippen molar-refractivity contribution in [2.75, 3.05) is 39.4 Å². The highest BCUT2D eigenvalue weighted by atomic mass is 16.5. The van der Waals surface area contributed by atoms with Crippen LogP contribution in [-0.2, 0) is 25.6 Å². The van der Waals surface area contributed by atoms with Crippen LogP contribution in [0.25, 0.3) is 0 Å². The zero-order valence-electron chi connectivity index (χ0n) is 30.5. The highest BCUT2D eigenvalue weighted by Crippen LogP contribution is 2.12. The minimum absolute atomic E-state index is 0.00523. The lowest BCUT2D eigenvalue weighted by molar-refractivity contribution is -0.923. The Morgan fingerprint density at radius 2 is 0.889 bits per heavy atom. The van der Waals surface area contributed by atoms with E-state index in [4.69, 9.17) is 9.47 Å². The number of carbonyl (C=O) groups excluding carboxylic acids is 2. The fourth-order valence-corrected chi connectivity index (χ4v) is 5.65. The second-order valence-corrected chi connectivity index (χ2v) is 12.7. The largest absolute Gasteiger partial charge is 0.460 e. The highest BCUT2D eigenvalue weighted by molar-refractivity contribution is 5.69. The van der Waals surface area contributed by atoms with Gasteiger partial charge in [0.2, 0.25) is 0 Å². The minimum atomic E-state index is -0.0560. The molecule has 0 fully saturated rings. The summed E-state index contributed by atoms with van der Waals surface area (Å²) in [5, 5.41) is 0. The molecule has 1 heterocycles. The fraction of sp³-hybridized carbons (Fsp3) is 0.821. The summed E-state index contributed by atoms with van der Waals surface area (Å²) in [7, 11) is 0. The Morgan fingerprint density at radius 3 is 1.29 bits per heavy atom. The van der Waals surface area contributed by atoms with E-state index >= 15 is 0 Å². The molecule has 0 atom stereocenters.